The van der Waals surface area contributed by atoms with Crippen LogP contribution < -0.4 is 5.32 Å². The minimum atomic E-state index is -0.0678. The molecule has 0 bridgehead atoms. The molecule has 1 amide bonds. The second-order valence-corrected chi connectivity index (χ2v) is 5.95. The first-order chi connectivity index (χ1) is 12.1. The summed E-state index contributed by atoms with van der Waals surface area (Å²) in [4.78, 5) is 20.5. The molecule has 0 aliphatic heterocycles. The lowest BCUT2D eigenvalue weighted by molar-refractivity contribution is -0.121. The zero-order valence-electron chi connectivity index (χ0n) is 14.2. The van der Waals surface area contributed by atoms with Crippen LogP contribution in [-0.2, 0) is 17.8 Å². The Morgan fingerprint density at radius 2 is 2.24 bits per heavy atom. The standard InChI is InChI=1S/C17H20N6O2/c1-12(2)17-21-16(25-22-17)5-4-15(24)19-11-13-6-8-18-14(10-13)23-9-3-7-20-23/h3,6-10,12H,4-5,11H2,1-2H3,(H,19,24). The van der Waals surface area contributed by atoms with E-state index in [2.05, 4.69) is 25.5 Å². The van der Waals surface area contributed by atoms with Crippen LogP contribution in [0.25, 0.3) is 5.82 Å². The zero-order chi connectivity index (χ0) is 17.6. The van der Waals surface area contributed by atoms with Crippen molar-refractivity contribution in [3.8, 4) is 5.82 Å². The molecule has 8 nitrogen and oxygen atoms in total. The Kier molecular flexibility index (Phi) is 5.17. The van der Waals surface area contributed by atoms with Gasteiger partial charge in [-0.3, -0.25) is 4.79 Å². The van der Waals surface area contributed by atoms with Gasteiger partial charge in [0, 0.05) is 43.9 Å². The van der Waals surface area contributed by atoms with E-state index in [1.807, 2.05) is 38.2 Å². The number of pyridine rings is 1. The molecule has 0 fully saturated rings. The molecule has 0 aromatic carbocycles. The van der Waals surface area contributed by atoms with Crippen molar-refractivity contribution in [2.75, 3.05) is 0 Å². The van der Waals surface area contributed by atoms with Crippen LogP contribution in [0.3, 0.4) is 0 Å². The van der Waals surface area contributed by atoms with Crippen LogP contribution in [0.15, 0.2) is 41.3 Å². The highest BCUT2D eigenvalue weighted by molar-refractivity contribution is 5.76. The average Bonchev–Trinajstić information content (AvgIpc) is 3.30. The number of carbonyl (C=O) groups excluding carboxylic acids is 1. The van der Waals surface area contributed by atoms with Crippen molar-refractivity contribution in [2.24, 2.45) is 0 Å². The number of amides is 1. The number of nitrogens with one attached hydrogen (secondary N) is 1. The highest BCUT2D eigenvalue weighted by atomic mass is 16.5. The van der Waals surface area contributed by atoms with Crippen LogP contribution in [0.5, 0.6) is 0 Å². The van der Waals surface area contributed by atoms with Crippen LogP contribution in [0.2, 0.25) is 0 Å². The lowest BCUT2D eigenvalue weighted by Crippen LogP contribution is -2.23. The topological polar surface area (TPSA) is 98.7 Å². The van der Waals surface area contributed by atoms with Gasteiger partial charge >= 0.3 is 0 Å². The monoisotopic (exact) mass is 340 g/mol. The number of rotatable bonds is 7. The third kappa shape index (κ3) is 4.50. The molecule has 1 N–H and O–H groups in total. The summed E-state index contributed by atoms with van der Waals surface area (Å²) in [5.41, 5.74) is 0.953. The Morgan fingerprint density at radius 3 is 2.96 bits per heavy atom. The highest BCUT2D eigenvalue weighted by Crippen LogP contribution is 2.11. The minimum absolute atomic E-state index is 0.0678. The summed E-state index contributed by atoms with van der Waals surface area (Å²) in [6.07, 6.45) is 5.94. The van der Waals surface area contributed by atoms with Crippen molar-refractivity contribution >= 4 is 5.91 Å². The van der Waals surface area contributed by atoms with E-state index in [0.717, 1.165) is 5.56 Å². The maximum atomic E-state index is 12.0. The van der Waals surface area contributed by atoms with E-state index in [0.29, 0.717) is 36.9 Å². The molecule has 0 saturated heterocycles. The molecule has 0 spiro atoms. The fraction of sp³-hybridized carbons (Fsp3) is 0.353. The van der Waals surface area contributed by atoms with E-state index in [4.69, 9.17) is 4.52 Å². The molecule has 0 aliphatic carbocycles. The number of hydrogen-bond acceptors (Lipinski definition) is 6. The van der Waals surface area contributed by atoms with Gasteiger partial charge in [-0.25, -0.2) is 9.67 Å². The van der Waals surface area contributed by atoms with Crippen LogP contribution in [-0.4, -0.2) is 30.8 Å². The molecule has 3 aromatic rings. The molecule has 0 atom stereocenters. The number of hydrogen-bond donors (Lipinski definition) is 1. The van der Waals surface area contributed by atoms with Gasteiger partial charge in [0.15, 0.2) is 11.6 Å². The smallest absolute Gasteiger partial charge is 0.227 e. The zero-order valence-corrected chi connectivity index (χ0v) is 14.2. The van der Waals surface area contributed by atoms with Gasteiger partial charge in [0.25, 0.3) is 0 Å². The molecular weight excluding hydrogens is 320 g/mol. The van der Waals surface area contributed by atoms with E-state index in [1.165, 1.54) is 0 Å². The first kappa shape index (κ1) is 16.8. The fourth-order valence-corrected chi connectivity index (χ4v) is 2.21. The largest absolute Gasteiger partial charge is 0.352 e. The first-order valence-corrected chi connectivity index (χ1v) is 8.16. The molecular formula is C17H20N6O2. The Morgan fingerprint density at radius 1 is 1.36 bits per heavy atom. The number of nitrogens with zero attached hydrogens (tertiary/aromatic N) is 5. The molecule has 25 heavy (non-hydrogen) atoms. The van der Waals surface area contributed by atoms with Crippen molar-refractivity contribution < 1.29 is 9.32 Å². The SMILES string of the molecule is CC(C)c1noc(CCC(=O)NCc2ccnc(-n3cccn3)c2)n1. The van der Waals surface area contributed by atoms with Crippen molar-refractivity contribution in [1.29, 1.82) is 0 Å². The second kappa shape index (κ2) is 7.69. The lowest BCUT2D eigenvalue weighted by atomic mass is 10.2. The van der Waals surface area contributed by atoms with Gasteiger partial charge < -0.3 is 9.84 Å². The third-order valence-corrected chi connectivity index (χ3v) is 3.60. The van der Waals surface area contributed by atoms with Gasteiger partial charge in [-0.15, -0.1) is 0 Å². The Hall–Kier alpha value is -3.03. The van der Waals surface area contributed by atoms with Crippen LogP contribution in [0.1, 0.15) is 43.5 Å². The summed E-state index contributed by atoms with van der Waals surface area (Å²) in [7, 11) is 0. The normalized spacial score (nSPS) is 11.0. The quantitative estimate of drug-likeness (QED) is 0.706. The number of aromatic nitrogens is 5. The fourth-order valence-electron chi connectivity index (χ4n) is 2.21. The molecule has 3 aromatic heterocycles. The molecule has 0 radical (unpaired) electrons. The van der Waals surface area contributed by atoms with Crippen molar-refractivity contribution in [3.05, 3.63) is 54.1 Å². The van der Waals surface area contributed by atoms with Crippen molar-refractivity contribution in [3.63, 3.8) is 0 Å². The van der Waals surface area contributed by atoms with E-state index >= 15 is 0 Å². The summed E-state index contributed by atoms with van der Waals surface area (Å²) < 4.78 is 6.81. The minimum Gasteiger partial charge on any atom is -0.352 e. The van der Waals surface area contributed by atoms with E-state index in [-0.39, 0.29) is 11.8 Å². The van der Waals surface area contributed by atoms with Crippen LogP contribution in [0.4, 0.5) is 0 Å². The summed E-state index contributed by atoms with van der Waals surface area (Å²) in [5.74, 6) is 2.01. The Balaban J connectivity index is 1.49. The van der Waals surface area contributed by atoms with Crippen molar-refractivity contribution in [2.45, 2.75) is 39.2 Å². The van der Waals surface area contributed by atoms with Gasteiger partial charge in [-0.05, 0) is 23.8 Å². The second-order valence-electron chi connectivity index (χ2n) is 5.95. The Labute approximate surface area is 145 Å². The average molecular weight is 340 g/mol. The third-order valence-electron chi connectivity index (χ3n) is 3.60. The molecule has 3 rings (SSSR count). The predicted molar refractivity (Wildman–Crippen MR) is 89.9 cm³/mol. The summed E-state index contributed by atoms with van der Waals surface area (Å²) in [6, 6.07) is 5.58. The lowest BCUT2D eigenvalue weighted by Gasteiger charge is -2.06. The van der Waals surface area contributed by atoms with Gasteiger partial charge in [0.05, 0.1) is 0 Å². The van der Waals surface area contributed by atoms with Crippen molar-refractivity contribution in [1.82, 2.24) is 30.2 Å². The molecule has 130 valence electrons. The van der Waals surface area contributed by atoms with Crippen LogP contribution in [0, 0.1) is 0 Å². The summed E-state index contributed by atoms with van der Waals surface area (Å²) in [5, 5.41) is 10.9. The molecule has 0 saturated carbocycles. The van der Waals surface area contributed by atoms with Gasteiger partial charge in [-0.2, -0.15) is 10.1 Å². The van der Waals surface area contributed by atoms with Gasteiger partial charge in [-0.1, -0.05) is 19.0 Å². The van der Waals surface area contributed by atoms with E-state index in [1.54, 1.807) is 17.1 Å². The summed E-state index contributed by atoms with van der Waals surface area (Å²) >= 11 is 0. The van der Waals surface area contributed by atoms with E-state index < -0.39 is 0 Å². The predicted octanol–water partition coefficient (Wildman–Crippen LogP) is 2.02. The number of aryl methyl sites for hydroxylation is 1. The number of carbonyl (C=O) groups is 1. The maximum absolute atomic E-state index is 12.0. The summed E-state index contributed by atoms with van der Waals surface area (Å²) in [6.45, 7) is 4.41. The van der Waals surface area contributed by atoms with Gasteiger partial charge in [0.2, 0.25) is 11.8 Å². The molecule has 3 heterocycles. The first-order valence-electron chi connectivity index (χ1n) is 8.16. The van der Waals surface area contributed by atoms with E-state index in [9.17, 15) is 4.79 Å². The maximum Gasteiger partial charge on any atom is 0.227 e. The van der Waals surface area contributed by atoms with Gasteiger partial charge in [0.1, 0.15) is 0 Å². The Bertz CT molecular complexity index is 825. The molecule has 8 heteroatoms. The highest BCUT2D eigenvalue weighted by Gasteiger charge is 2.11. The molecule has 0 aliphatic rings. The molecule has 0 unspecified atom stereocenters. The van der Waals surface area contributed by atoms with Crippen LogP contribution >= 0.6 is 0 Å².